The highest BCUT2D eigenvalue weighted by Gasteiger charge is 2.17. The molecule has 2 rings (SSSR count). The first-order valence-electron chi connectivity index (χ1n) is 3.55. The highest BCUT2D eigenvalue weighted by molar-refractivity contribution is 5.40. The van der Waals surface area contributed by atoms with Crippen LogP contribution in [0.3, 0.4) is 0 Å². The molecule has 0 saturated carbocycles. The van der Waals surface area contributed by atoms with E-state index in [0.717, 1.165) is 6.42 Å². The van der Waals surface area contributed by atoms with Crippen LogP contribution in [0, 0.1) is 6.42 Å². The van der Waals surface area contributed by atoms with Crippen molar-refractivity contribution in [2.45, 2.75) is 12.5 Å². The number of nitrogens with two attached hydrogens (primary N) is 1. The molecular weight excluding hydrogens is 122 g/mol. The Hall–Kier alpha value is -0.820. The SMILES string of the molecule is NC1C[CH]c2ccccc21. The van der Waals surface area contributed by atoms with Gasteiger partial charge in [0.05, 0.1) is 0 Å². The molecule has 0 amide bonds. The summed E-state index contributed by atoms with van der Waals surface area (Å²) >= 11 is 0. The number of hydrogen-bond donors (Lipinski definition) is 1. The second kappa shape index (κ2) is 2.10. The molecule has 1 unspecified atom stereocenters. The van der Waals surface area contributed by atoms with Crippen molar-refractivity contribution in [2.24, 2.45) is 5.73 Å². The van der Waals surface area contributed by atoms with Crippen molar-refractivity contribution in [3.8, 4) is 0 Å². The molecule has 0 aliphatic heterocycles. The first-order valence-corrected chi connectivity index (χ1v) is 3.55. The van der Waals surface area contributed by atoms with Crippen LogP contribution in [0.25, 0.3) is 0 Å². The molecule has 1 aromatic carbocycles. The average molecular weight is 132 g/mol. The van der Waals surface area contributed by atoms with Gasteiger partial charge in [-0.15, -0.1) is 0 Å². The molecule has 1 radical (unpaired) electrons. The molecule has 0 heterocycles. The molecule has 10 heavy (non-hydrogen) atoms. The van der Waals surface area contributed by atoms with E-state index in [-0.39, 0.29) is 6.04 Å². The van der Waals surface area contributed by atoms with Crippen LogP contribution in [0.15, 0.2) is 24.3 Å². The second-order valence-corrected chi connectivity index (χ2v) is 2.68. The molecule has 0 aromatic heterocycles. The Bertz CT molecular complexity index is 242. The summed E-state index contributed by atoms with van der Waals surface area (Å²) in [6.45, 7) is 0. The third-order valence-electron chi connectivity index (χ3n) is 1.99. The number of benzene rings is 1. The average Bonchev–Trinajstić information content (AvgIpc) is 2.34. The van der Waals surface area contributed by atoms with E-state index in [1.54, 1.807) is 0 Å². The molecule has 1 nitrogen and oxygen atoms in total. The van der Waals surface area contributed by atoms with Crippen LogP contribution in [-0.4, -0.2) is 0 Å². The van der Waals surface area contributed by atoms with E-state index < -0.39 is 0 Å². The van der Waals surface area contributed by atoms with E-state index in [1.165, 1.54) is 11.1 Å². The van der Waals surface area contributed by atoms with Crippen molar-refractivity contribution in [3.05, 3.63) is 41.8 Å². The van der Waals surface area contributed by atoms with Gasteiger partial charge in [-0.25, -0.2) is 0 Å². The lowest BCUT2D eigenvalue weighted by Gasteiger charge is -2.01. The van der Waals surface area contributed by atoms with Gasteiger partial charge in [-0.3, -0.25) is 0 Å². The quantitative estimate of drug-likeness (QED) is 0.570. The van der Waals surface area contributed by atoms with Crippen molar-refractivity contribution >= 4 is 0 Å². The maximum Gasteiger partial charge on any atom is 0.0303 e. The third kappa shape index (κ3) is 0.745. The summed E-state index contributed by atoms with van der Waals surface area (Å²) in [5.74, 6) is 0. The summed E-state index contributed by atoms with van der Waals surface area (Å²) in [6, 6.07) is 8.55. The van der Waals surface area contributed by atoms with E-state index in [1.807, 2.05) is 12.1 Å². The fraction of sp³-hybridized carbons (Fsp3) is 0.222. The largest absolute Gasteiger partial charge is 0.324 e. The Morgan fingerprint density at radius 3 is 2.90 bits per heavy atom. The van der Waals surface area contributed by atoms with Gasteiger partial charge in [-0.05, 0) is 24.0 Å². The van der Waals surface area contributed by atoms with Crippen molar-refractivity contribution < 1.29 is 0 Å². The summed E-state index contributed by atoms with van der Waals surface area (Å²) in [5, 5.41) is 0. The topological polar surface area (TPSA) is 26.0 Å². The van der Waals surface area contributed by atoms with Crippen molar-refractivity contribution in [1.29, 1.82) is 0 Å². The van der Waals surface area contributed by atoms with Gasteiger partial charge in [-0.2, -0.15) is 0 Å². The van der Waals surface area contributed by atoms with Crippen molar-refractivity contribution in [3.63, 3.8) is 0 Å². The Labute approximate surface area is 60.9 Å². The maximum absolute atomic E-state index is 5.82. The molecule has 1 aromatic rings. The minimum absolute atomic E-state index is 0.246. The lowest BCUT2D eigenvalue weighted by Crippen LogP contribution is -2.04. The fourth-order valence-corrected chi connectivity index (χ4v) is 1.42. The Kier molecular flexibility index (Phi) is 1.24. The number of fused-ring (bicyclic) bond motifs is 1. The van der Waals surface area contributed by atoms with Crippen LogP contribution in [0.5, 0.6) is 0 Å². The van der Waals surface area contributed by atoms with Gasteiger partial charge in [-0.1, -0.05) is 24.3 Å². The minimum atomic E-state index is 0.246. The highest BCUT2D eigenvalue weighted by atomic mass is 14.6. The number of hydrogen-bond acceptors (Lipinski definition) is 1. The van der Waals surface area contributed by atoms with Gasteiger partial charge in [0.2, 0.25) is 0 Å². The van der Waals surface area contributed by atoms with E-state index in [4.69, 9.17) is 5.73 Å². The predicted octanol–water partition coefficient (Wildman–Crippen LogP) is 1.64. The zero-order valence-electron chi connectivity index (χ0n) is 5.75. The Morgan fingerprint density at radius 2 is 2.10 bits per heavy atom. The molecule has 0 bridgehead atoms. The minimum Gasteiger partial charge on any atom is -0.324 e. The van der Waals surface area contributed by atoms with Gasteiger partial charge in [0.25, 0.3) is 0 Å². The predicted molar refractivity (Wildman–Crippen MR) is 41.4 cm³/mol. The number of rotatable bonds is 0. The standard InChI is InChI=1S/C9H10N/c10-9-6-5-7-3-1-2-4-8(7)9/h1-5,9H,6,10H2. The first-order chi connectivity index (χ1) is 4.88. The molecule has 1 atom stereocenters. The lowest BCUT2D eigenvalue weighted by molar-refractivity contribution is 0.762. The van der Waals surface area contributed by atoms with Crippen LogP contribution < -0.4 is 5.73 Å². The van der Waals surface area contributed by atoms with Gasteiger partial charge in [0.15, 0.2) is 0 Å². The van der Waals surface area contributed by atoms with E-state index in [2.05, 4.69) is 18.6 Å². The molecule has 2 N–H and O–H groups in total. The molecule has 51 valence electrons. The highest BCUT2D eigenvalue weighted by Crippen LogP contribution is 2.29. The lowest BCUT2D eigenvalue weighted by atomic mass is 10.1. The molecule has 1 aliphatic rings. The van der Waals surface area contributed by atoms with Crippen LogP contribution >= 0.6 is 0 Å². The van der Waals surface area contributed by atoms with Gasteiger partial charge < -0.3 is 5.73 Å². The van der Waals surface area contributed by atoms with Crippen LogP contribution in [0.1, 0.15) is 23.6 Å². The van der Waals surface area contributed by atoms with Crippen LogP contribution in [-0.2, 0) is 0 Å². The van der Waals surface area contributed by atoms with Gasteiger partial charge in [0, 0.05) is 6.04 Å². The molecule has 0 fully saturated rings. The molecule has 0 spiro atoms. The monoisotopic (exact) mass is 132 g/mol. The summed E-state index contributed by atoms with van der Waals surface area (Å²) in [4.78, 5) is 0. The van der Waals surface area contributed by atoms with Gasteiger partial charge in [0.1, 0.15) is 0 Å². The third-order valence-corrected chi connectivity index (χ3v) is 1.99. The van der Waals surface area contributed by atoms with E-state index >= 15 is 0 Å². The zero-order valence-corrected chi connectivity index (χ0v) is 5.75. The smallest absolute Gasteiger partial charge is 0.0303 e. The molecule has 1 heteroatoms. The Balaban J connectivity index is 2.51. The first kappa shape index (κ1) is 5.93. The van der Waals surface area contributed by atoms with E-state index in [9.17, 15) is 0 Å². The van der Waals surface area contributed by atoms with Crippen molar-refractivity contribution in [2.75, 3.05) is 0 Å². The summed E-state index contributed by atoms with van der Waals surface area (Å²) in [5.41, 5.74) is 8.42. The summed E-state index contributed by atoms with van der Waals surface area (Å²) in [7, 11) is 0. The summed E-state index contributed by atoms with van der Waals surface area (Å²) < 4.78 is 0. The maximum atomic E-state index is 5.82. The molecule has 0 saturated heterocycles. The fourth-order valence-electron chi connectivity index (χ4n) is 1.42. The van der Waals surface area contributed by atoms with Crippen LogP contribution in [0.2, 0.25) is 0 Å². The van der Waals surface area contributed by atoms with Crippen molar-refractivity contribution in [1.82, 2.24) is 0 Å². The molecular formula is C9H10N. The van der Waals surface area contributed by atoms with Gasteiger partial charge >= 0.3 is 0 Å². The summed E-state index contributed by atoms with van der Waals surface area (Å²) in [6.07, 6.45) is 3.19. The zero-order chi connectivity index (χ0) is 6.97. The van der Waals surface area contributed by atoms with E-state index in [0.29, 0.717) is 0 Å². The second-order valence-electron chi connectivity index (χ2n) is 2.68. The molecule has 1 aliphatic carbocycles. The Morgan fingerprint density at radius 1 is 1.30 bits per heavy atom. The normalized spacial score (nSPS) is 22.7. The van der Waals surface area contributed by atoms with Crippen LogP contribution in [0.4, 0.5) is 0 Å².